The lowest BCUT2D eigenvalue weighted by Gasteiger charge is -2.49. The topological polar surface area (TPSA) is 276 Å². The second-order valence-electron chi connectivity index (χ2n) is 16.9. The summed E-state index contributed by atoms with van der Waals surface area (Å²) in [4.78, 5) is 130. The fraction of sp³-hybridized carbons (Fsp3) is 0.255. The molecule has 5 heterocycles. The van der Waals surface area contributed by atoms with Crippen LogP contribution in [-0.2, 0) is 53.4 Å². The van der Waals surface area contributed by atoms with Gasteiger partial charge in [-0.2, -0.15) is 0 Å². The van der Waals surface area contributed by atoms with Crippen molar-refractivity contribution in [2.24, 2.45) is 0 Å². The van der Waals surface area contributed by atoms with E-state index in [-0.39, 0.29) is 73.9 Å². The highest BCUT2D eigenvalue weighted by atomic mass is 35.5. The Morgan fingerprint density at radius 3 is 2.16 bits per heavy atom. The van der Waals surface area contributed by atoms with Crippen molar-refractivity contribution < 1.29 is 80.7 Å². The van der Waals surface area contributed by atoms with Crippen molar-refractivity contribution in [3.8, 4) is 28.7 Å². The van der Waals surface area contributed by atoms with Gasteiger partial charge in [-0.1, -0.05) is 24.6 Å². The van der Waals surface area contributed by atoms with Crippen LogP contribution in [0.4, 0.5) is 0 Å². The predicted octanol–water partition coefficient (Wildman–Crippen LogP) is 5.81. The van der Waals surface area contributed by atoms with E-state index in [1.165, 1.54) is 79.8 Å². The SMILES string of the molecule is CCCC(=O)Oc1cc2oc(=O)c(C(=O)NCC(=O)N[C@@H]3C(=O)N4C(C(=O)OCOC(C)=O)=C(CSc5ccc6c(c5)C(=O)OC65c6ccc(OC(C)=O)cc6Oc6cc(OC(C)=O)ccc65)CS[C@H]34)cc2cc1Cl. The highest BCUT2D eigenvalue weighted by molar-refractivity contribution is 8.01. The molecule has 1 fully saturated rings. The van der Waals surface area contributed by atoms with Gasteiger partial charge in [-0.3, -0.25) is 38.5 Å². The molecule has 0 unspecified atom stereocenters. The number of fused-ring (bicyclic) bond motifs is 8. The zero-order valence-electron chi connectivity index (χ0n) is 39.8. The molecule has 4 aromatic carbocycles. The zero-order chi connectivity index (χ0) is 53.5. The molecule has 3 amide bonds. The van der Waals surface area contributed by atoms with E-state index in [0.29, 0.717) is 33.6 Å². The zero-order valence-corrected chi connectivity index (χ0v) is 42.2. The first-order valence-corrected chi connectivity index (χ1v) is 25.1. The fourth-order valence-electron chi connectivity index (χ4n) is 8.62. The van der Waals surface area contributed by atoms with Gasteiger partial charge in [0.25, 0.3) is 11.8 Å². The molecule has 24 heteroatoms. The number of amides is 3. The molecule has 0 aliphatic carbocycles. The van der Waals surface area contributed by atoms with Crippen molar-refractivity contribution in [1.82, 2.24) is 15.5 Å². The Balaban J connectivity index is 0.913. The highest BCUT2D eigenvalue weighted by Gasteiger charge is 2.56. The number of nitrogens with one attached hydrogen (secondary N) is 2. The van der Waals surface area contributed by atoms with Gasteiger partial charge in [0.15, 0.2) is 11.4 Å². The molecule has 75 heavy (non-hydrogen) atoms. The van der Waals surface area contributed by atoms with E-state index in [2.05, 4.69) is 10.6 Å². The molecule has 4 aliphatic heterocycles. The number of hydrogen-bond donors (Lipinski definition) is 2. The van der Waals surface area contributed by atoms with Gasteiger partial charge in [0.1, 0.15) is 51.3 Å². The summed E-state index contributed by atoms with van der Waals surface area (Å²) in [5.74, 6) is -5.62. The second kappa shape index (κ2) is 21.0. The molecule has 4 aliphatic rings. The fourth-order valence-corrected chi connectivity index (χ4v) is 11.3. The van der Waals surface area contributed by atoms with Gasteiger partial charge in [-0.25, -0.2) is 14.4 Å². The number of carbonyl (C=O) groups is 9. The summed E-state index contributed by atoms with van der Waals surface area (Å²) in [5.41, 5.74) is -1.33. The van der Waals surface area contributed by atoms with Gasteiger partial charge in [0.2, 0.25) is 12.7 Å². The van der Waals surface area contributed by atoms with Gasteiger partial charge < -0.3 is 48.2 Å². The van der Waals surface area contributed by atoms with E-state index in [0.717, 1.165) is 11.8 Å². The molecular weight excluding hydrogens is 1040 g/mol. The molecule has 0 saturated carbocycles. The molecule has 0 bridgehead atoms. The van der Waals surface area contributed by atoms with Crippen LogP contribution in [0.15, 0.2) is 98.2 Å². The van der Waals surface area contributed by atoms with Crippen LogP contribution in [0.5, 0.6) is 28.7 Å². The number of hydrogen-bond acceptors (Lipinski definition) is 20. The Labute approximate surface area is 437 Å². The van der Waals surface area contributed by atoms with Crippen molar-refractivity contribution in [1.29, 1.82) is 0 Å². The lowest BCUT2D eigenvalue weighted by Crippen LogP contribution is -2.71. The summed E-state index contributed by atoms with van der Waals surface area (Å²) in [7, 11) is 0. The molecule has 9 rings (SSSR count). The second-order valence-corrected chi connectivity index (χ2v) is 19.5. The summed E-state index contributed by atoms with van der Waals surface area (Å²) in [5, 5.41) is 4.33. The number of halogens is 1. The predicted molar refractivity (Wildman–Crippen MR) is 263 cm³/mol. The van der Waals surface area contributed by atoms with Crippen LogP contribution in [0, 0.1) is 0 Å². The summed E-state index contributed by atoms with van der Waals surface area (Å²) in [6, 6.07) is 17.0. The Kier molecular flexibility index (Phi) is 14.5. The van der Waals surface area contributed by atoms with Crippen molar-refractivity contribution >= 4 is 99.6 Å². The van der Waals surface area contributed by atoms with E-state index in [1.54, 1.807) is 37.3 Å². The van der Waals surface area contributed by atoms with Crippen molar-refractivity contribution in [3.05, 3.63) is 127 Å². The third-order valence-electron chi connectivity index (χ3n) is 11.8. The summed E-state index contributed by atoms with van der Waals surface area (Å²) < 4.78 is 43.8. The van der Waals surface area contributed by atoms with Gasteiger partial charge >= 0.3 is 41.4 Å². The number of esters is 6. The average molecular weight is 1080 g/mol. The minimum atomic E-state index is -1.56. The molecule has 2 atom stereocenters. The maximum Gasteiger partial charge on any atom is 0.357 e. The van der Waals surface area contributed by atoms with E-state index in [9.17, 15) is 47.9 Å². The summed E-state index contributed by atoms with van der Waals surface area (Å²) >= 11 is 8.74. The molecule has 1 aromatic heterocycles. The van der Waals surface area contributed by atoms with E-state index in [4.69, 9.17) is 49.2 Å². The van der Waals surface area contributed by atoms with Crippen LogP contribution in [0.2, 0.25) is 5.02 Å². The standard InChI is InChI=1S/C51H40ClN3O18S2/c1-5-6-42(60)71-40-18-37-26(14-36(40)52)13-32(48(63)72-37)45(61)53-19-41(59)54-43-46(62)55-44(50(65)67-22-66-23(2)56)27(21-75-47(43)55)20-74-30-9-12-33-31(17-30)49(64)73-51(33)34-10-7-28(68-24(3)57)15-38(34)70-39-16-29(69-25(4)58)8-11-35(39)51/h7-18,43,47H,5-6,19-22H2,1-4H3,(H,53,61)(H,54,59)/t43-,47-/m1/s1. The number of benzene rings is 4. The van der Waals surface area contributed by atoms with E-state index in [1.807, 2.05) is 0 Å². The molecule has 21 nitrogen and oxygen atoms in total. The van der Waals surface area contributed by atoms with Crippen molar-refractivity contribution in [2.45, 2.75) is 62.4 Å². The smallest absolute Gasteiger partial charge is 0.357 e. The van der Waals surface area contributed by atoms with E-state index < -0.39 is 95.1 Å². The quantitative estimate of drug-likeness (QED) is 0.0312. The lowest BCUT2D eigenvalue weighted by atomic mass is 9.77. The lowest BCUT2D eigenvalue weighted by molar-refractivity contribution is -0.166. The summed E-state index contributed by atoms with van der Waals surface area (Å²) in [6.45, 7) is 3.97. The Morgan fingerprint density at radius 2 is 1.51 bits per heavy atom. The molecule has 0 radical (unpaired) electrons. The molecule has 1 saturated heterocycles. The van der Waals surface area contributed by atoms with Crippen molar-refractivity contribution in [3.63, 3.8) is 0 Å². The van der Waals surface area contributed by atoms with Crippen LogP contribution in [0.3, 0.4) is 0 Å². The average Bonchev–Trinajstić information content (AvgIpc) is 3.64. The molecular formula is C51H40ClN3O18S2. The number of nitrogens with zero attached hydrogens (tertiary/aromatic N) is 1. The van der Waals surface area contributed by atoms with Crippen LogP contribution in [0.25, 0.3) is 11.0 Å². The van der Waals surface area contributed by atoms with Crippen molar-refractivity contribution in [2.75, 3.05) is 24.8 Å². The number of thioether (sulfide) groups is 2. The first kappa shape index (κ1) is 51.7. The first-order valence-electron chi connectivity index (χ1n) is 22.7. The molecule has 2 N–H and O–H groups in total. The highest BCUT2D eigenvalue weighted by Crippen LogP contribution is 2.57. The minimum absolute atomic E-state index is 0.0156. The first-order chi connectivity index (χ1) is 35.8. The largest absolute Gasteiger partial charge is 0.456 e. The van der Waals surface area contributed by atoms with Crippen LogP contribution >= 0.6 is 35.1 Å². The maximum absolute atomic E-state index is 14.0. The van der Waals surface area contributed by atoms with Crippen LogP contribution < -0.4 is 35.2 Å². The van der Waals surface area contributed by atoms with Gasteiger partial charge in [0, 0.05) is 83.9 Å². The third-order valence-corrected chi connectivity index (χ3v) is 14.5. The Hall–Kier alpha value is -8.15. The minimum Gasteiger partial charge on any atom is -0.456 e. The Bertz CT molecular complexity index is 3360. The van der Waals surface area contributed by atoms with Crippen LogP contribution in [0.1, 0.15) is 77.9 Å². The number of rotatable bonds is 15. The summed E-state index contributed by atoms with van der Waals surface area (Å²) in [6.07, 6.45) is 0.667. The molecule has 386 valence electrons. The molecule has 1 spiro atoms. The van der Waals surface area contributed by atoms with Gasteiger partial charge in [-0.05, 0) is 60.5 Å². The Morgan fingerprint density at radius 1 is 0.827 bits per heavy atom. The van der Waals surface area contributed by atoms with E-state index >= 15 is 0 Å². The monoisotopic (exact) mass is 1080 g/mol. The maximum atomic E-state index is 14.0. The molecule has 5 aromatic rings. The third kappa shape index (κ3) is 10.2. The van der Waals surface area contributed by atoms with Gasteiger partial charge in [0.05, 0.1) is 17.1 Å². The normalized spacial score (nSPS) is 16.5. The number of ether oxygens (including phenoxy) is 7. The number of carbonyl (C=O) groups excluding carboxylic acids is 9. The van der Waals surface area contributed by atoms with Gasteiger partial charge in [-0.15, -0.1) is 23.5 Å². The number of β-lactam (4-membered cyclic amide) rings is 1. The van der Waals surface area contributed by atoms with Crippen LogP contribution in [-0.4, -0.2) is 94.7 Å².